The van der Waals surface area contributed by atoms with Gasteiger partial charge < -0.3 is 9.73 Å². The molecule has 21 heavy (non-hydrogen) atoms. The molecule has 0 amide bonds. The lowest BCUT2D eigenvalue weighted by Crippen LogP contribution is -2.08. The molecule has 3 aromatic rings. The van der Waals surface area contributed by atoms with Crippen molar-refractivity contribution in [3.63, 3.8) is 0 Å². The molecule has 5 rings (SSSR count). The van der Waals surface area contributed by atoms with Gasteiger partial charge in [0, 0.05) is 6.54 Å². The van der Waals surface area contributed by atoms with Gasteiger partial charge in [-0.3, -0.25) is 0 Å². The van der Waals surface area contributed by atoms with Crippen molar-refractivity contribution in [2.75, 3.05) is 11.9 Å². The van der Waals surface area contributed by atoms with E-state index in [2.05, 4.69) is 34.6 Å². The number of rotatable bonds is 3. The van der Waals surface area contributed by atoms with Crippen LogP contribution in [-0.2, 0) is 6.42 Å². The molecule has 0 radical (unpaired) electrons. The standard InChI is InChI=1S/C18H16N2O/c1-2-6-12-11(5-1)9-13-14(17(12)13)10-19-18-20-15-7-3-4-8-16(15)21-18/h1-8,13-14,17H,9-10H2,(H,19,20). The number of anilines is 1. The van der Waals surface area contributed by atoms with Gasteiger partial charge in [-0.05, 0) is 47.4 Å². The van der Waals surface area contributed by atoms with Crippen LogP contribution in [0.5, 0.6) is 0 Å². The van der Waals surface area contributed by atoms with Crippen LogP contribution in [0.3, 0.4) is 0 Å². The predicted molar refractivity (Wildman–Crippen MR) is 82.4 cm³/mol. The molecule has 1 aromatic heterocycles. The average Bonchev–Trinajstić information content (AvgIpc) is 2.88. The Morgan fingerprint density at radius 3 is 2.90 bits per heavy atom. The van der Waals surface area contributed by atoms with E-state index >= 15 is 0 Å². The summed E-state index contributed by atoms with van der Waals surface area (Å²) in [6, 6.07) is 17.4. The highest BCUT2D eigenvalue weighted by atomic mass is 16.4. The third-order valence-electron chi connectivity index (χ3n) is 4.98. The Bertz CT molecular complexity index is 790. The Kier molecular flexibility index (Phi) is 2.22. The predicted octanol–water partition coefficient (Wildman–Crippen LogP) is 3.83. The van der Waals surface area contributed by atoms with Crippen LogP contribution in [0.4, 0.5) is 6.01 Å². The van der Waals surface area contributed by atoms with E-state index in [-0.39, 0.29) is 0 Å². The van der Waals surface area contributed by atoms with E-state index in [4.69, 9.17) is 4.42 Å². The van der Waals surface area contributed by atoms with Crippen molar-refractivity contribution in [3.8, 4) is 0 Å². The lowest BCUT2D eigenvalue weighted by atomic mass is 10.0. The molecule has 0 aliphatic heterocycles. The van der Waals surface area contributed by atoms with Crippen LogP contribution in [-0.4, -0.2) is 11.5 Å². The van der Waals surface area contributed by atoms with E-state index in [1.807, 2.05) is 24.3 Å². The van der Waals surface area contributed by atoms with Crippen molar-refractivity contribution in [1.29, 1.82) is 0 Å². The van der Waals surface area contributed by atoms with Gasteiger partial charge in [-0.25, -0.2) is 0 Å². The Labute approximate surface area is 123 Å². The molecule has 3 heteroatoms. The SMILES string of the molecule is c1ccc2c(c1)CC1C(CNc3nc4ccccc4o3)C21. The monoisotopic (exact) mass is 276 g/mol. The summed E-state index contributed by atoms with van der Waals surface area (Å²) in [5.41, 5.74) is 4.88. The molecule has 104 valence electrons. The van der Waals surface area contributed by atoms with E-state index in [9.17, 15) is 0 Å². The maximum atomic E-state index is 5.72. The van der Waals surface area contributed by atoms with Crippen molar-refractivity contribution in [2.45, 2.75) is 12.3 Å². The highest BCUT2D eigenvalue weighted by Crippen LogP contribution is 2.61. The van der Waals surface area contributed by atoms with Gasteiger partial charge in [0.1, 0.15) is 5.52 Å². The van der Waals surface area contributed by atoms with E-state index < -0.39 is 0 Å². The molecule has 1 fully saturated rings. The van der Waals surface area contributed by atoms with Crippen LogP contribution in [0.2, 0.25) is 0 Å². The number of fused-ring (bicyclic) bond motifs is 4. The van der Waals surface area contributed by atoms with Crippen LogP contribution < -0.4 is 5.32 Å². The highest BCUT2D eigenvalue weighted by Gasteiger charge is 2.54. The Hall–Kier alpha value is -2.29. The first-order valence-electron chi connectivity index (χ1n) is 7.57. The lowest BCUT2D eigenvalue weighted by Gasteiger charge is -2.07. The molecular weight excluding hydrogens is 260 g/mol. The van der Waals surface area contributed by atoms with Gasteiger partial charge in [-0.1, -0.05) is 36.4 Å². The zero-order chi connectivity index (χ0) is 13.8. The second kappa shape index (κ2) is 4.10. The molecule has 0 bridgehead atoms. The van der Waals surface area contributed by atoms with Gasteiger partial charge >= 0.3 is 0 Å². The molecule has 1 saturated carbocycles. The van der Waals surface area contributed by atoms with Gasteiger partial charge in [-0.15, -0.1) is 0 Å². The maximum absolute atomic E-state index is 5.72. The van der Waals surface area contributed by atoms with Crippen molar-refractivity contribution < 1.29 is 4.42 Å². The van der Waals surface area contributed by atoms with E-state index in [1.54, 1.807) is 11.1 Å². The second-order valence-electron chi connectivity index (χ2n) is 6.12. The summed E-state index contributed by atoms with van der Waals surface area (Å²) in [5.74, 6) is 2.30. The largest absolute Gasteiger partial charge is 0.424 e. The Morgan fingerprint density at radius 1 is 1.10 bits per heavy atom. The van der Waals surface area contributed by atoms with Crippen LogP contribution in [0.15, 0.2) is 52.9 Å². The first-order valence-corrected chi connectivity index (χ1v) is 7.57. The Balaban J connectivity index is 1.31. The normalized spacial score (nSPS) is 25.6. The molecule has 1 heterocycles. The molecule has 3 atom stereocenters. The number of nitrogens with zero attached hydrogens (tertiary/aromatic N) is 1. The molecular formula is C18H16N2O. The summed E-state index contributed by atoms with van der Waals surface area (Å²) in [6.45, 7) is 0.955. The van der Waals surface area contributed by atoms with Gasteiger partial charge in [0.15, 0.2) is 5.58 Å². The van der Waals surface area contributed by atoms with Gasteiger partial charge in [0.25, 0.3) is 6.01 Å². The number of benzene rings is 2. The number of para-hydroxylation sites is 2. The second-order valence-corrected chi connectivity index (χ2v) is 6.12. The fraction of sp³-hybridized carbons (Fsp3) is 0.278. The minimum absolute atomic E-state index is 0.648. The van der Waals surface area contributed by atoms with Crippen molar-refractivity contribution in [3.05, 3.63) is 59.7 Å². The third-order valence-corrected chi connectivity index (χ3v) is 4.98. The smallest absolute Gasteiger partial charge is 0.295 e. The van der Waals surface area contributed by atoms with E-state index in [1.165, 1.54) is 6.42 Å². The quantitative estimate of drug-likeness (QED) is 0.790. The number of aromatic nitrogens is 1. The minimum atomic E-state index is 0.648. The summed E-state index contributed by atoms with van der Waals surface area (Å²) in [5, 5.41) is 3.38. The Morgan fingerprint density at radius 2 is 1.95 bits per heavy atom. The number of hydrogen-bond donors (Lipinski definition) is 1. The molecule has 3 unspecified atom stereocenters. The molecule has 0 spiro atoms. The van der Waals surface area contributed by atoms with Crippen LogP contribution in [0.1, 0.15) is 17.0 Å². The van der Waals surface area contributed by atoms with Crippen molar-refractivity contribution in [1.82, 2.24) is 4.98 Å². The number of oxazole rings is 1. The first-order chi connectivity index (χ1) is 10.4. The fourth-order valence-corrected chi connectivity index (χ4v) is 3.92. The van der Waals surface area contributed by atoms with Crippen molar-refractivity contribution >= 4 is 17.1 Å². The van der Waals surface area contributed by atoms with Crippen LogP contribution in [0.25, 0.3) is 11.1 Å². The molecule has 2 aromatic carbocycles. The molecule has 0 saturated heterocycles. The topological polar surface area (TPSA) is 38.1 Å². The van der Waals surface area contributed by atoms with E-state index in [0.29, 0.717) is 6.01 Å². The van der Waals surface area contributed by atoms with Gasteiger partial charge in [0.2, 0.25) is 0 Å². The number of nitrogens with one attached hydrogen (secondary N) is 1. The van der Waals surface area contributed by atoms with Gasteiger partial charge in [0.05, 0.1) is 0 Å². The highest BCUT2D eigenvalue weighted by molar-refractivity contribution is 5.74. The first kappa shape index (κ1) is 11.4. The fourth-order valence-electron chi connectivity index (χ4n) is 3.92. The maximum Gasteiger partial charge on any atom is 0.295 e. The van der Waals surface area contributed by atoms with E-state index in [0.717, 1.165) is 35.4 Å². The summed E-state index contributed by atoms with van der Waals surface area (Å²) in [7, 11) is 0. The summed E-state index contributed by atoms with van der Waals surface area (Å²) >= 11 is 0. The molecule has 3 nitrogen and oxygen atoms in total. The zero-order valence-electron chi connectivity index (χ0n) is 11.6. The summed E-state index contributed by atoms with van der Waals surface area (Å²) in [6.07, 6.45) is 1.24. The minimum Gasteiger partial charge on any atom is -0.424 e. The average molecular weight is 276 g/mol. The van der Waals surface area contributed by atoms with Crippen molar-refractivity contribution in [2.24, 2.45) is 11.8 Å². The third kappa shape index (κ3) is 1.70. The van der Waals surface area contributed by atoms with Gasteiger partial charge in [-0.2, -0.15) is 4.98 Å². The molecule has 2 aliphatic carbocycles. The van der Waals surface area contributed by atoms with Crippen LogP contribution >= 0.6 is 0 Å². The number of hydrogen-bond acceptors (Lipinski definition) is 3. The summed E-state index contributed by atoms with van der Waals surface area (Å²) in [4.78, 5) is 4.47. The molecule has 1 N–H and O–H groups in total. The molecule has 2 aliphatic rings. The zero-order valence-corrected chi connectivity index (χ0v) is 11.6. The summed E-state index contributed by atoms with van der Waals surface area (Å²) < 4.78 is 5.72. The van der Waals surface area contributed by atoms with Crippen LogP contribution in [0, 0.1) is 11.8 Å². The lowest BCUT2D eigenvalue weighted by molar-refractivity contribution is 0.604.